The molecule has 6 nitrogen and oxygen atoms in total. The van der Waals surface area contributed by atoms with Crippen LogP contribution in [0.25, 0.3) is 0 Å². The van der Waals surface area contributed by atoms with E-state index in [0.717, 1.165) is 24.5 Å². The fraction of sp³-hybridized carbons (Fsp3) is 0.619. The van der Waals surface area contributed by atoms with Crippen molar-refractivity contribution in [3.05, 3.63) is 24.3 Å². The predicted octanol–water partition coefficient (Wildman–Crippen LogP) is 3.73. The van der Waals surface area contributed by atoms with Gasteiger partial charge in [-0.3, -0.25) is 9.59 Å². The van der Waals surface area contributed by atoms with Crippen LogP contribution in [0.4, 0.5) is 11.4 Å². The standard InChI is InChI=1S/C21H34N4O2.2ClH/c1-4-21(5-2,15-22)20(27)23-16(3)13-19(26)24-17-9-8-10-18(14-17)25-11-6-7-12-25;;/h8-10,14,16H,4-7,11-13,15,22H2,1-3H3,(H,23,27)(H,24,26);2*1H. The molecule has 4 N–H and O–H groups in total. The smallest absolute Gasteiger partial charge is 0.227 e. The van der Waals surface area contributed by atoms with Crippen molar-refractivity contribution in [2.24, 2.45) is 11.1 Å². The largest absolute Gasteiger partial charge is 0.371 e. The maximum absolute atomic E-state index is 12.6. The Morgan fingerprint density at radius 1 is 1.17 bits per heavy atom. The zero-order valence-corrected chi connectivity index (χ0v) is 19.3. The third kappa shape index (κ3) is 7.36. The average molecular weight is 447 g/mol. The normalized spacial score (nSPS) is 14.4. The van der Waals surface area contributed by atoms with Crippen molar-refractivity contribution >= 4 is 48.0 Å². The lowest BCUT2D eigenvalue weighted by atomic mass is 9.81. The van der Waals surface area contributed by atoms with E-state index in [4.69, 9.17) is 5.73 Å². The van der Waals surface area contributed by atoms with Crippen LogP contribution in [0.2, 0.25) is 0 Å². The van der Waals surface area contributed by atoms with Gasteiger partial charge < -0.3 is 21.3 Å². The molecule has 1 aromatic rings. The van der Waals surface area contributed by atoms with E-state index in [1.165, 1.54) is 12.8 Å². The van der Waals surface area contributed by atoms with Gasteiger partial charge in [-0.1, -0.05) is 19.9 Å². The lowest BCUT2D eigenvalue weighted by Crippen LogP contribution is -2.48. The molecule has 1 aliphatic rings. The van der Waals surface area contributed by atoms with Gasteiger partial charge in [-0.15, -0.1) is 24.8 Å². The van der Waals surface area contributed by atoms with Crippen molar-refractivity contribution < 1.29 is 9.59 Å². The molecular formula is C21H36Cl2N4O2. The number of anilines is 2. The zero-order valence-electron chi connectivity index (χ0n) is 17.7. The zero-order chi connectivity index (χ0) is 19.9. The van der Waals surface area contributed by atoms with E-state index < -0.39 is 5.41 Å². The van der Waals surface area contributed by atoms with Crippen molar-refractivity contribution in [3.8, 4) is 0 Å². The highest BCUT2D eigenvalue weighted by Gasteiger charge is 2.34. The Morgan fingerprint density at radius 2 is 1.79 bits per heavy atom. The molecule has 1 saturated heterocycles. The first kappa shape index (κ1) is 27.5. The van der Waals surface area contributed by atoms with Crippen LogP contribution in [0.5, 0.6) is 0 Å². The minimum atomic E-state index is -0.547. The second-order valence-electron chi connectivity index (χ2n) is 7.56. The van der Waals surface area contributed by atoms with Crippen LogP contribution in [0.1, 0.15) is 52.9 Å². The van der Waals surface area contributed by atoms with Crippen molar-refractivity contribution in [1.82, 2.24) is 5.32 Å². The fourth-order valence-electron chi connectivity index (χ4n) is 3.63. The maximum Gasteiger partial charge on any atom is 0.227 e. The Kier molecular flexibility index (Phi) is 12.3. The number of carbonyl (C=O) groups excluding carboxylic acids is 2. The highest BCUT2D eigenvalue weighted by Crippen LogP contribution is 2.26. The number of halogens is 2. The number of nitrogens with two attached hydrogens (primary N) is 1. The molecule has 1 aliphatic heterocycles. The van der Waals surface area contributed by atoms with E-state index in [-0.39, 0.29) is 49.1 Å². The summed E-state index contributed by atoms with van der Waals surface area (Å²) >= 11 is 0. The molecule has 166 valence electrons. The summed E-state index contributed by atoms with van der Waals surface area (Å²) in [4.78, 5) is 27.3. The van der Waals surface area contributed by atoms with Crippen LogP contribution in [-0.2, 0) is 9.59 Å². The number of benzene rings is 1. The molecule has 0 bridgehead atoms. The van der Waals surface area contributed by atoms with Crippen LogP contribution in [0.3, 0.4) is 0 Å². The van der Waals surface area contributed by atoms with Gasteiger partial charge in [0, 0.05) is 43.5 Å². The summed E-state index contributed by atoms with van der Waals surface area (Å²) < 4.78 is 0. The second kappa shape index (κ2) is 12.9. The van der Waals surface area contributed by atoms with Crippen molar-refractivity contribution in [2.45, 2.75) is 58.9 Å². The Labute approximate surface area is 187 Å². The first-order valence-corrected chi connectivity index (χ1v) is 10.1. The SMILES string of the molecule is CCC(CC)(CN)C(=O)NC(C)CC(=O)Nc1cccc(N2CCCC2)c1.Cl.Cl. The molecule has 0 aliphatic carbocycles. The van der Waals surface area contributed by atoms with Gasteiger partial charge in [0.05, 0.1) is 5.41 Å². The Hall–Kier alpha value is -1.50. The van der Waals surface area contributed by atoms with E-state index in [0.29, 0.717) is 19.4 Å². The minimum Gasteiger partial charge on any atom is -0.371 e. The van der Waals surface area contributed by atoms with Crippen molar-refractivity contribution in [2.75, 3.05) is 29.9 Å². The number of hydrogen-bond donors (Lipinski definition) is 3. The molecule has 2 rings (SSSR count). The molecule has 0 spiro atoms. The summed E-state index contributed by atoms with van der Waals surface area (Å²) in [6, 6.07) is 7.70. The van der Waals surface area contributed by atoms with Crippen LogP contribution >= 0.6 is 24.8 Å². The van der Waals surface area contributed by atoms with E-state index in [9.17, 15) is 9.59 Å². The average Bonchev–Trinajstić information content (AvgIpc) is 3.18. The van der Waals surface area contributed by atoms with E-state index in [2.05, 4.69) is 21.6 Å². The van der Waals surface area contributed by atoms with Gasteiger partial charge in [0.15, 0.2) is 0 Å². The Bertz CT molecular complexity index is 639. The minimum absolute atomic E-state index is 0. The van der Waals surface area contributed by atoms with Gasteiger partial charge in [-0.2, -0.15) is 0 Å². The van der Waals surface area contributed by atoms with Crippen molar-refractivity contribution in [3.63, 3.8) is 0 Å². The molecule has 1 atom stereocenters. The second-order valence-corrected chi connectivity index (χ2v) is 7.56. The van der Waals surface area contributed by atoms with Crippen molar-refractivity contribution in [1.29, 1.82) is 0 Å². The van der Waals surface area contributed by atoms with Crippen LogP contribution in [0, 0.1) is 5.41 Å². The number of amides is 2. The molecule has 1 fully saturated rings. The van der Waals surface area contributed by atoms with E-state index in [1.807, 2.05) is 39.0 Å². The topological polar surface area (TPSA) is 87.5 Å². The maximum atomic E-state index is 12.6. The van der Waals surface area contributed by atoms with Crippen LogP contribution in [0.15, 0.2) is 24.3 Å². The van der Waals surface area contributed by atoms with Gasteiger partial charge in [-0.25, -0.2) is 0 Å². The summed E-state index contributed by atoms with van der Waals surface area (Å²) in [5.41, 5.74) is 7.22. The molecule has 0 aromatic heterocycles. The number of rotatable bonds is 9. The predicted molar refractivity (Wildman–Crippen MR) is 125 cm³/mol. The monoisotopic (exact) mass is 446 g/mol. The highest BCUT2D eigenvalue weighted by atomic mass is 35.5. The molecular weight excluding hydrogens is 411 g/mol. The molecule has 0 saturated carbocycles. The third-order valence-electron chi connectivity index (χ3n) is 5.70. The Balaban J connectivity index is 0.00000392. The number of nitrogens with one attached hydrogen (secondary N) is 2. The first-order valence-electron chi connectivity index (χ1n) is 10.1. The Morgan fingerprint density at radius 3 is 2.34 bits per heavy atom. The first-order chi connectivity index (χ1) is 12.9. The quantitative estimate of drug-likeness (QED) is 0.538. The number of hydrogen-bond acceptors (Lipinski definition) is 4. The van der Waals surface area contributed by atoms with E-state index >= 15 is 0 Å². The molecule has 8 heteroatoms. The van der Waals surface area contributed by atoms with Gasteiger partial charge in [0.1, 0.15) is 0 Å². The van der Waals surface area contributed by atoms with Gasteiger partial charge in [0.25, 0.3) is 0 Å². The molecule has 1 unspecified atom stereocenters. The number of nitrogens with zero attached hydrogens (tertiary/aromatic N) is 1. The summed E-state index contributed by atoms with van der Waals surface area (Å²) in [5.74, 6) is -0.168. The molecule has 1 aromatic carbocycles. The molecule has 0 radical (unpaired) electrons. The lowest BCUT2D eigenvalue weighted by Gasteiger charge is -2.30. The lowest BCUT2D eigenvalue weighted by molar-refractivity contribution is -0.131. The summed E-state index contributed by atoms with van der Waals surface area (Å²) in [6.07, 6.45) is 4.04. The highest BCUT2D eigenvalue weighted by molar-refractivity contribution is 5.92. The molecule has 29 heavy (non-hydrogen) atoms. The summed E-state index contributed by atoms with van der Waals surface area (Å²) in [7, 11) is 0. The van der Waals surface area contributed by atoms with Crippen LogP contribution < -0.4 is 21.3 Å². The van der Waals surface area contributed by atoms with Gasteiger partial charge >= 0.3 is 0 Å². The van der Waals surface area contributed by atoms with Gasteiger partial charge in [-0.05, 0) is 50.8 Å². The fourth-order valence-corrected chi connectivity index (χ4v) is 3.63. The summed E-state index contributed by atoms with van der Waals surface area (Å²) in [5, 5.41) is 5.91. The number of carbonyl (C=O) groups is 2. The van der Waals surface area contributed by atoms with Gasteiger partial charge in [0.2, 0.25) is 11.8 Å². The summed E-state index contributed by atoms with van der Waals surface area (Å²) in [6.45, 7) is 8.25. The van der Waals surface area contributed by atoms with Crippen LogP contribution in [-0.4, -0.2) is 37.5 Å². The molecule has 1 heterocycles. The third-order valence-corrected chi connectivity index (χ3v) is 5.70. The molecule has 2 amide bonds. The van der Waals surface area contributed by atoms with E-state index in [1.54, 1.807) is 0 Å².